The van der Waals surface area contributed by atoms with Crippen molar-refractivity contribution in [3.05, 3.63) is 54.6 Å². The van der Waals surface area contributed by atoms with E-state index < -0.39 is 0 Å². The second-order valence-corrected chi connectivity index (χ2v) is 4.04. The molecule has 0 saturated heterocycles. The van der Waals surface area contributed by atoms with Gasteiger partial charge in [-0.3, -0.25) is 4.79 Å². The van der Waals surface area contributed by atoms with Crippen molar-refractivity contribution >= 4 is 11.7 Å². The molecule has 0 heterocycles. The zero-order valence-corrected chi connectivity index (χ0v) is 10.2. The molecule has 0 atom stereocenters. The first kappa shape index (κ1) is 12.4. The van der Waals surface area contributed by atoms with Gasteiger partial charge in [-0.1, -0.05) is 42.5 Å². The van der Waals surface area contributed by atoms with Gasteiger partial charge in [0.05, 0.1) is 12.1 Å². The van der Waals surface area contributed by atoms with Crippen LogP contribution in [0.4, 0.5) is 5.69 Å². The Bertz CT molecular complexity index is 440. The molecule has 0 fully saturated rings. The van der Waals surface area contributed by atoms with Crippen LogP contribution in [-0.2, 0) is 9.63 Å². The van der Waals surface area contributed by atoms with Crippen molar-refractivity contribution in [3.63, 3.8) is 0 Å². The Morgan fingerprint density at radius 1 is 1.06 bits per heavy atom. The summed E-state index contributed by atoms with van der Waals surface area (Å²) >= 11 is 0. The maximum atomic E-state index is 10.6. The van der Waals surface area contributed by atoms with E-state index in [9.17, 15) is 4.79 Å². The first-order valence-electron chi connectivity index (χ1n) is 5.85. The fourth-order valence-electron chi connectivity index (χ4n) is 1.66. The lowest BCUT2D eigenvalue weighted by molar-refractivity contribution is -0.148. The number of para-hydroxylation sites is 1. The van der Waals surface area contributed by atoms with Gasteiger partial charge in [0, 0.05) is 12.6 Å². The molecule has 0 spiro atoms. The lowest BCUT2D eigenvalue weighted by Crippen LogP contribution is -2.30. The summed E-state index contributed by atoms with van der Waals surface area (Å²) in [6.07, 6.45) is 7.94. The van der Waals surface area contributed by atoms with Crippen LogP contribution in [0.2, 0.25) is 0 Å². The van der Waals surface area contributed by atoms with Crippen LogP contribution in [0.3, 0.4) is 0 Å². The van der Waals surface area contributed by atoms with Crippen molar-refractivity contribution in [2.24, 2.45) is 0 Å². The molecule has 0 unspecified atom stereocenters. The number of hydrogen-bond acceptors (Lipinski definition) is 4. The Balaban J connectivity index is 1.84. The Labute approximate surface area is 106 Å². The SMILES string of the molecule is CC(=O)ONC1C=CC(Nc2ccccc2)C=C1. The zero-order chi connectivity index (χ0) is 12.8. The molecule has 1 aliphatic rings. The number of anilines is 1. The molecule has 0 amide bonds. The van der Waals surface area contributed by atoms with Gasteiger partial charge in [0.25, 0.3) is 0 Å². The van der Waals surface area contributed by atoms with Gasteiger partial charge in [-0.15, -0.1) is 5.48 Å². The smallest absolute Gasteiger partial charge is 0.321 e. The van der Waals surface area contributed by atoms with Crippen molar-refractivity contribution < 1.29 is 9.63 Å². The van der Waals surface area contributed by atoms with E-state index in [-0.39, 0.29) is 18.1 Å². The number of carbonyl (C=O) groups excluding carboxylic acids is 1. The monoisotopic (exact) mass is 244 g/mol. The summed E-state index contributed by atoms with van der Waals surface area (Å²) in [5.74, 6) is -0.346. The summed E-state index contributed by atoms with van der Waals surface area (Å²) in [6, 6.07) is 10.1. The highest BCUT2D eigenvalue weighted by Gasteiger charge is 2.09. The van der Waals surface area contributed by atoms with E-state index in [4.69, 9.17) is 4.84 Å². The lowest BCUT2D eigenvalue weighted by Gasteiger charge is -2.19. The van der Waals surface area contributed by atoms with Crippen LogP contribution in [0.5, 0.6) is 0 Å². The Hall–Kier alpha value is -2.07. The molecule has 2 N–H and O–H groups in total. The van der Waals surface area contributed by atoms with E-state index in [1.165, 1.54) is 6.92 Å². The molecule has 1 aromatic carbocycles. The molecule has 18 heavy (non-hydrogen) atoms. The van der Waals surface area contributed by atoms with Gasteiger partial charge in [-0.2, -0.15) is 0 Å². The quantitative estimate of drug-likeness (QED) is 0.628. The number of benzene rings is 1. The normalized spacial score (nSPS) is 21.6. The second-order valence-electron chi connectivity index (χ2n) is 4.04. The van der Waals surface area contributed by atoms with Crippen molar-refractivity contribution in [1.82, 2.24) is 5.48 Å². The fourth-order valence-corrected chi connectivity index (χ4v) is 1.66. The van der Waals surface area contributed by atoms with Crippen molar-refractivity contribution in [3.8, 4) is 0 Å². The molecule has 0 bridgehead atoms. The number of hydroxylamine groups is 1. The average molecular weight is 244 g/mol. The summed E-state index contributed by atoms with van der Waals surface area (Å²) in [4.78, 5) is 15.4. The maximum absolute atomic E-state index is 10.6. The minimum atomic E-state index is -0.346. The van der Waals surface area contributed by atoms with Crippen molar-refractivity contribution in [2.75, 3.05) is 5.32 Å². The van der Waals surface area contributed by atoms with Gasteiger partial charge in [-0.05, 0) is 12.1 Å². The predicted molar refractivity (Wildman–Crippen MR) is 70.8 cm³/mol. The minimum Gasteiger partial charge on any atom is -0.375 e. The molecule has 0 radical (unpaired) electrons. The third kappa shape index (κ3) is 3.75. The largest absolute Gasteiger partial charge is 0.375 e. The van der Waals surface area contributed by atoms with Gasteiger partial charge in [-0.25, -0.2) is 0 Å². The Morgan fingerprint density at radius 2 is 1.67 bits per heavy atom. The third-order valence-electron chi connectivity index (χ3n) is 2.50. The van der Waals surface area contributed by atoms with Crippen LogP contribution in [0, 0.1) is 0 Å². The van der Waals surface area contributed by atoms with Gasteiger partial charge in [0.2, 0.25) is 0 Å². The lowest BCUT2D eigenvalue weighted by atomic mass is 10.1. The van der Waals surface area contributed by atoms with Crippen LogP contribution in [0.15, 0.2) is 54.6 Å². The van der Waals surface area contributed by atoms with Crippen LogP contribution in [0.25, 0.3) is 0 Å². The molecule has 0 aromatic heterocycles. The molecular formula is C14H16N2O2. The molecule has 0 aliphatic heterocycles. The highest BCUT2D eigenvalue weighted by atomic mass is 16.7. The van der Waals surface area contributed by atoms with E-state index in [2.05, 4.69) is 10.8 Å². The number of nitrogens with one attached hydrogen (secondary N) is 2. The second kappa shape index (κ2) is 6.02. The van der Waals surface area contributed by atoms with Gasteiger partial charge < -0.3 is 10.2 Å². The van der Waals surface area contributed by atoms with E-state index in [1.54, 1.807) is 0 Å². The number of hydrogen-bond donors (Lipinski definition) is 2. The van der Waals surface area contributed by atoms with Crippen LogP contribution in [-0.4, -0.2) is 18.1 Å². The summed E-state index contributed by atoms with van der Waals surface area (Å²) in [5, 5.41) is 3.36. The summed E-state index contributed by atoms with van der Waals surface area (Å²) < 4.78 is 0. The van der Waals surface area contributed by atoms with E-state index in [0.717, 1.165) is 5.69 Å². The van der Waals surface area contributed by atoms with Crippen LogP contribution in [0.1, 0.15) is 6.92 Å². The van der Waals surface area contributed by atoms with Crippen molar-refractivity contribution in [2.45, 2.75) is 19.0 Å². The van der Waals surface area contributed by atoms with E-state index in [0.29, 0.717) is 0 Å². The Kier molecular flexibility index (Phi) is 4.15. The maximum Gasteiger partial charge on any atom is 0.321 e. The first-order chi connectivity index (χ1) is 8.74. The van der Waals surface area contributed by atoms with Crippen LogP contribution >= 0.6 is 0 Å². The standard InChI is InChI=1S/C14H16N2O2/c1-11(17)18-16-14-9-7-13(8-10-14)15-12-5-3-2-4-6-12/h2-10,13-16H,1H3. The molecule has 1 aromatic rings. The van der Waals surface area contributed by atoms with Gasteiger partial charge >= 0.3 is 5.97 Å². The first-order valence-corrected chi connectivity index (χ1v) is 5.85. The van der Waals surface area contributed by atoms with Gasteiger partial charge in [0.1, 0.15) is 0 Å². The third-order valence-corrected chi connectivity index (χ3v) is 2.50. The molecule has 94 valence electrons. The van der Waals surface area contributed by atoms with Crippen molar-refractivity contribution in [1.29, 1.82) is 0 Å². The molecular weight excluding hydrogens is 228 g/mol. The van der Waals surface area contributed by atoms with Crippen LogP contribution < -0.4 is 10.8 Å². The molecule has 2 rings (SSSR count). The highest BCUT2D eigenvalue weighted by Crippen LogP contribution is 2.11. The summed E-state index contributed by atoms with van der Waals surface area (Å²) in [5.41, 5.74) is 3.73. The van der Waals surface area contributed by atoms with E-state index in [1.807, 2.05) is 54.6 Å². The fraction of sp³-hybridized carbons (Fsp3) is 0.214. The molecule has 0 saturated carbocycles. The molecule has 4 heteroatoms. The number of carbonyl (C=O) groups is 1. The molecule has 1 aliphatic carbocycles. The Morgan fingerprint density at radius 3 is 2.28 bits per heavy atom. The molecule has 4 nitrogen and oxygen atoms in total. The average Bonchev–Trinajstić information content (AvgIpc) is 2.39. The highest BCUT2D eigenvalue weighted by molar-refractivity contribution is 5.65. The zero-order valence-electron chi connectivity index (χ0n) is 10.2. The summed E-state index contributed by atoms with van der Waals surface area (Å²) in [6.45, 7) is 1.36. The summed E-state index contributed by atoms with van der Waals surface area (Å²) in [7, 11) is 0. The topological polar surface area (TPSA) is 50.4 Å². The van der Waals surface area contributed by atoms with E-state index >= 15 is 0 Å². The number of rotatable bonds is 4. The predicted octanol–water partition coefficient (Wildman–Crippen LogP) is 2.03. The van der Waals surface area contributed by atoms with Gasteiger partial charge in [0.15, 0.2) is 0 Å². The minimum absolute atomic E-state index is 0.0669.